The Bertz CT molecular complexity index is 601. The maximum Gasteiger partial charge on any atom is 0.256 e. The van der Waals surface area contributed by atoms with E-state index in [2.05, 4.69) is 15.3 Å². The minimum Gasteiger partial charge on any atom is -0.317 e. The van der Waals surface area contributed by atoms with Crippen molar-refractivity contribution in [2.24, 2.45) is 0 Å². The van der Waals surface area contributed by atoms with E-state index in [1.54, 1.807) is 12.1 Å². The molecule has 0 atom stereocenters. The van der Waals surface area contributed by atoms with Gasteiger partial charge in [-0.1, -0.05) is 35.3 Å². The molecule has 0 spiro atoms. The van der Waals surface area contributed by atoms with E-state index in [-0.39, 0.29) is 21.9 Å². The number of nitrogens with zero attached hydrogens (tertiary/aromatic N) is 2. The van der Waals surface area contributed by atoms with E-state index in [1.807, 2.05) is 18.4 Å². The molecule has 2 rings (SSSR count). The van der Waals surface area contributed by atoms with Crippen molar-refractivity contribution < 1.29 is 4.79 Å². The molecule has 98 valence electrons. The number of hydrogen-bond acceptors (Lipinski definition) is 4. The van der Waals surface area contributed by atoms with Crippen LogP contribution in [-0.2, 0) is 0 Å². The summed E-state index contributed by atoms with van der Waals surface area (Å²) in [6.07, 6.45) is 3.13. The number of carbonyl (C=O) groups excluding carboxylic acids is 1. The van der Waals surface area contributed by atoms with Crippen molar-refractivity contribution in [2.75, 3.05) is 11.6 Å². The lowest BCUT2D eigenvalue weighted by Crippen LogP contribution is -2.14. The summed E-state index contributed by atoms with van der Waals surface area (Å²) < 4.78 is 0. The topological polar surface area (TPSA) is 54.9 Å². The van der Waals surface area contributed by atoms with Gasteiger partial charge in [-0.15, -0.1) is 11.8 Å². The highest BCUT2D eigenvalue weighted by Gasteiger charge is 2.15. The summed E-state index contributed by atoms with van der Waals surface area (Å²) in [7, 11) is 0. The Morgan fingerprint density at radius 2 is 1.84 bits per heavy atom. The van der Waals surface area contributed by atoms with Crippen LogP contribution in [-0.4, -0.2) is 22.1 Å². The van der Waals surface area contributed by atoms with Crippen LogP contribution in [0.2, 0.25) is 10.3 Å². The van der Waals surface area contributed by atoms with Crippen LogP contribution in [0.25, 0.3) is 0 Å². The molecule has 4 nitrogen and oxygen atoms in total. The first-order chi connectivity index (χ1) is 9.13. The van der Waals surface area contributed by atoms with Gasteiger partial charge in [0.2, 0.25) is 0 Å². The van der Waals surface area contributed by atoms with E-state index >= 15 is 0 Å². The normalized spacial score (nSPS) is 10.3. The Kier molecular flexibility index (Phi) is 4.63. The summed E-state index contributed by atoms with van der Waals surface area (Å²) in [5, 5.41) is 2.84. The van der Waals surface area contributed by atoms with Gasteiger partial charge in [0, 0.05) is 4.90 Å². The molecule has 0 fully saturated rings. The number of amides is 1. The van der Waals surface area contributed by atoms with E-state index in [9.17, 15) is 4.79 Å². The van der Waals surface area contributed by atoms with Crippen LogP contribution >= 0.6 is 35.0 Å². The van der Waals surface area contributed by atoms with Crippen molar-refractivity contribution in [2.45, 2.75) is 4.90 Å². The van der Waals surface area contributed by atoms with Crippen LogP contribution in [0.3, 0.4) is 0 Å². The van der Waals surface area contributed by atoms with Crippen LogP contribution < -0.4 is 5.32 Å². The lowest BCUT2D eigenvalue weighted by molar-refractivity contribution is 0.102. The van der Waals surface area contributed by atoms with Gasteiger partial charge in [0.05, 0.1) is 5.56 Å². The van der Waals surface area contributed by atoms with Gasteiger partial charge in [0.25, 0.3) is 5.91 Å². The zero-order valence-corrected chi connectivity index (χ0v) is 12.2. The summed E-state index contributed by atoms with van der Waals surface area (Å²) in [6.45, 7) is 0. The van der Waals surface area contributed by atoms with Gasteiger partial charge in [-0.2, -0.15) is 0 Å². The average molecular weight is 314 g/mol. The molecular weight excluding hydrogens is 305 g/mol. The van der Waals surface area contributed by atoms with E-state index in [1.165, 1.54) is 18.1 Å². The summed E-state index contributed by atoms with van der Waals surface area (Å²) in [6, 6.07) is 7.25. The van der Waals surface area contributed by atoms with Crippen molar-refractivity contribution in [3.05, 3.63) is 46.5 Å². The second-order valence-electron chi connectivity index (χ2n) is 3.48. The monoisotopic (exact) mass is 313 g/mol. The van der Waals surface area contributed by atoms with Gasteiger partial charge in [-0.3, -0.25) is 4.79 Å². The summed E-state index contributed by atoms with van der Waals surface area (Å²) in [5.74, 6) is -0.302. The molecule has 1 N–H and O–H groups in total. The number of nitrogens with one attached hydrogen (secondary N) is 1. The minimum atomic E-state index is -0.302. The highest BCUT2D eigenvalue weighted by molar-refractivity contribution is 7.98. The highest BCUT2D eigenvalue weighted by Crippen LogP contribution is 2.27. The zero-order valence-electron chi connectivity index (χ0n) is 9.85. The van der Waals surface area contributed by atoms with Gasteiger partial charge in [0.1, 0.15) is 12.0 Å². The minimum absolute atomic E-state index is 0.106. The number of hydrogen-bond donors (Lipinski definition) is 1. The van der Waals surface area contributed by atoms with Gasteiger partial charge in [0.15, 0.2) is 10.3 Å². The Morgan fingerprint density at radius 3 is 2.47 bits per heavy atom. The quantitative estimate of drug-likeness (QED) is 0.692. The fourth-order valence-corrected chi connectivity index (χ4v) is 2.47. The van der Waals surface area contributed by atoms with Crippen molar-refractivity contribution >= 4 is 46.6 Å². The van der Waals surface area contributed by atoms with E-state index in [0.717, 1.165) is 4.90 Å². The molecule has 1 aromatic heterocycles. The standard InChI is InChI=1S/C12H9Cl2N3OS/c1-19-8-5-3-2-4-7(8)12(18)17-9-10(13)15-6-16-11(9)14/h2-6H,1H3,(H,17,18). The summed E-state index contributed by atoms with van der Waals surface area (Å²) in [5.41, 5.74) is 0.762. The van der Waals surface area contributed by atoms with Gasteiger partial charge in [-0.05, 0) is 18.4 Å². The van der Waals surface area contributed by atoms with Crippen molar-refractivity contribution in [3.8, 4) is 0 Å². The van der Waals surface area contributed by atoms with Crippen LogP contribution in [0.15, 0.2) is 35.5 Å². The third-order valence-electron chi connectivity index (χ3n) is 2.34. The van der Waals surface area contributed by atoms with Crippen LogP contribution in [0, 0.1) is 0 Å². The molecule has 0 saturated heterocycles. The molecule has 0 unspecified atom stereocenters. The predicted molar refractivity (Wildman–Crippen MR) is 78.2 cm³/mol. The fourth-order valence-electron chi connectivity index (χ4n) is 1.46. The Labute approximate surface area is 124 Å². The molecule has 0 bridgehead atoms. The van der Waals surface area contributed by atoms with Crippen molar-refractivity contribution in [1.29, 1.82) is 0 Å². The number of halogens is 2. The summed E-state index contributed by atoms with van der Waals surface area (Å²) >= 11 is 13.2. The first-order valence-corrected chi connectivity index (χ1v) is 7.22. The molecule has 0 saturated carbocycles. The molecule has 0 radical (unpaired) electrons. The van der Waals surface area contributed by atoms with Crippen LogP contribution in [0.1, 0.15) is 10.4 Å². The first-order valence-electron chi connectivity index (χ1n) is 5.24. The van der Waals surface area contributed by atoms with E-state index in [4.69, 9.17) is 23.2 Å². The molecular formula is C12H9Cl2N3OS. The molecule has 1 amide bonds. The van der Waals surface area contributed by atoms with Gasteiger partial charge < -0.3 is 5.32 Å². The number of thioether (sulfide) groups is 1. The Hall–Kier alpha value is -1.30. The van der Waals surface area contributed by atoms with Gasteiger partial charge >= 0.3 is 0 Å². The predicted octanol–water partition coefficient (Wildman–Crippen LogP) is 3.76. The Morgan fingerprint density at radius 1 is 1.21 bits per heavy atom. The molecule has 0 aliphatic rings. The van der Waals surface area contributed by atoms with Crippen LogP contribution in [0.4, 0.5) is 5.69 Å². The number of anilines is 1. The maximum absolute atomic E-state index is 12.2. The molecule has 1 heterocycles. The molecule has 1 aromatic carbocycles. The third kappa shape index (κ3) is 3.18. The third-order valence-corrected chi connectivity index (χ3v) is 3.71. The largest absolute Gasteiger partial charge is 0.317 e. The molecule has 0 aliphatic carbocycles. The number of carbonyl (C=O) groups is 1. The number of aromatic nitrogens is 2. The zero-order chi connectivity index (χ0) is 13.8. The number of benzene rings is 1. The van der Waals surface area contributed by atoms with Crippen LogP contribution in [0.5, 0.6) is 0 Å². The average Bonchev–Trinajstić information content (AvgIpc) is 2.42. The second kappa shape index (κ2) is 6.23. The molecule has 7 heteroatoms. The molecule has 0 aliphatic heterocycles. The highest BCUT2D eigenvalue weighted by atomic mass is 35.5. The SMILES string of the molecule is CSc1ccccc1C(=O)Nc1c(Cl)ncnc1Cl. The number of rotatable bonds is 3. The molecule has 2 aromatic rings. The lowest BCUT2D eigenvalue weighted by Gasteiger charge is -2.09. The van der Waals surface area contributed by atoms with Gasteiger partial charge in [-0.25, -0.2) is 9.97 Å². The van der Waals surface area contributed by atoms with E-state index < -0.39 is 0 Å². The van der Waals surface area contributed by atoms with E-state index in [0.29, 0.717) is 5.56 Å². The maximum atomic E-state index is 12.2. The first kappa shape index (κ1) is 14.1. The second-order valence-corrected chi connectivity index (χ2v) is 5.05. The smallest absolute Gasteiger partial charge is 0.256 e. The lowest BCUT2D eigenvalue weighted by atomic mass is 10.2. The van der Waals surface area contributed by atoms with Crippen molar-refractivity contribution in [3.63, 3.8) is 0 Å². The Balaban J connectivity index is 2.31. The fraction of sp³-hybridized carbons (Fsp3) is 0.0833. The summed E-state index contributed by atoms with van der Waals surface area (Å²) in [4.78, 5) is 20.6. The molecule has 19 heavy (non-hydrogen) atoms. The van der Waals surface area contributed by atoms with Crippen molar-refractivity contribution in [1.82, 2.24) is 9.97 Å².